The van der Waals surface area contributed by atoms with Crippen LogP contribution in [0.1, 0.15) is 124 Å². The Morgan fingerprint density at radius 2 is 0.969 bits per heavy atom. The van der Waals surface area contributed by atoms with Crippen LogP contribution in [-0.4, -0.2) is 60.1 Å². The van der Waals surface area contributed by atoms with Crippen molar-refractivity contribution in [2.24, 2.45) is 0 Å². The zero-order chi connectivity index (χ0) is 45.2. The number of nitrogens with zero attached hydrogens (tertiary/aromatic N) is 4. The fourth-order valence-corrected chi connectivity index (χ4v) is 8.07. The molecule has 1 aromatic carbocycles. The van der Waals surface area contributed by atoms with Gasteiger partial charge >= 0.3 is 38.3 Å². The van der Waals surface area contributed by atoms with Crippen LogP contribution in [0.15, 0.2) is 48.5 Å². The number of hydrogen-bond acceptors (Lipinski definition) is 10. The maximum atomic E-state index is 13.3. The molecule has 5 heterocycles. The first-order valence-corrected chi connectivity index (χ1v) is 21.9. The molecule has 3 aromatic heterocycles. The SMILES string of the molecule is CCOC(=O)CCC1=C(C)c2cc3[n-]c(cc4nc(cc5[n-]c(cc1n2)c(C)c5CCC(=O)OCC)C(C)=C4CCC(=O)NCCc1ccc(N)cc1)c(C)c3CCC(=O)OCC.[Pd+2]. The molecule has 0 spiro atoms. The number of amides is 1. The van der Waals surface area contributed by atoms with Crippen LogP contribution in [0.3, 0.4) is 0 Å². The number of nitrogen functional groups attached to an aromatic ring is 1. The van der Waals surface area contributed by atoms with Crippen molar-refractivity contribution in [1.29, 1.82) is 0 Å². The van der Waals surface area contributed by atoms with Crippen molar-refractivity contribution >= 4 is 73.9 Å². The van der Waals surface area contributed by atoms with Crippen molar-refractivity contribution in [2.75, 3.05) is 32.1 Å². The molecule has 4 aromatic rings. The predicted octanol–water partition coefficient (Wildman–Crippen LogP) is 8.10. The van der Waals surface area contributed by atoms with Gasteiger partial charge in [-0.3, -0.25) is 19.2 Å². The smallest absolute Gasteiger partial charge is 0.657 e. The molecule has 0 unspecified atom stereocenters. The molecule has 2 aliphatic heterocycles. The Morgan fingerprint density at radius 3 is 1.41 bits per heavy atom. The van der Waals surface area contributed by atoms with E-state index in [9.17, 15) is 19.2 Å². The van der Waals surface area contributed by atoms with Gasteiger partial charge in [-0.2, -0.15) is 0 Å². The minimum Gasteiger partial charge on any atom is -0.657 e. The van der Waals surface area contributed by atoms with Gasteiger partial charge in [-0.05, 0) is 121 Å². The molecule has 13 nitrogen and oxygen atoms in total. The van der Waals surface area contributed by atoms with E-state index in [0.717, 1.165) is 50.1 Å². The number of anilines is 1. The number of aryl methyl sites for hydroxylation is 4. The Labute approximate surface area is 388 Å². The summed E-state index contributed by atoms with van der Waals surface area (Å²) in [4.78, 5) is 71.8. The van der Waals surface area contributed by atoms with Gasteiger partial charge in [0.2, 0.25) is 5.91 Å². The number of ether oxygens (including phenoxy) is 3. The van der Waals surface area contributed by atoms with E-state index in [1.54, 1.807) is 20.8 Å². The van der Waals surface area contributed by atoms with Gasteiger partial charge in [0.15, 0.2) is 0 Å². The van der Waals surface area contributed by atoms with E-state index >= 15 is 0 Å². The first kappa shape index (κ1) is 49.2. The number of carbonyl (C=O) groups is 4. The summed E-state index contributed by atoms with van der Waals surface area (Å²) in [5.74, 6) is -0.964. The van der Waals surface area contributed by atoms with Gasteiger partial charge in [0.25, 0.3) is 0 Å². The van der Waals surface area contributed by atoms with Crippen LogP contribution < -0.4 is 21.0 Å². The third-order valence-corrected chi connectivity index (χ3v) is 11.6. The summed E-state index contributed by atoms with van der Waals surface area (Å²) < 4.78 is 15.9. The van der Waals surface area contributed by atoms with E-state index in [0.29, 0.717) is 89.2 Å². The summed E-state index contributed by atoms with van der Waals surface area (Å²) in [6, 6.07) is 15.4. The Hall–Kier alpha value is -5.84. The van der Waals surface area contributed by atoms with E-state index in [4.69, 9.17) is 39.9 Å². The average molecular weight is 961 g/mol. The number of fused-ring (bicyclic) bond motifs is 8. The van der Waals surface area contributed by atoms with Gasteiger partial charge in [-0.25, -0.2) is 9.97 Å². The van der Waals surface area contributed by atoms with Crippen molar-refractivity contribution in [3.8, 4) is 0 Å². The summed E-state index contributed by atoms with van der Waals surface area (Å²) in [6.07, 6.45) is 3.07. The number of nitrogens with two attached hydrogens (primary N) is 1. The molecule has 2 aliphatic rings. The zero-order valence-electron chi connectivity index (χ0n) is 37.9. The number of aromatic nitrogens is 4. The van der Waals surface area contributed by atoms with Gasteiger partial charge in [0.1, 0.15) is 0 Å². The molecular formula is C50H58N6O7Pd. The van der Waals surface area contributed by atoms with Crippen molar-refractivity contribution in [3.05, 3.63) is 99.1 Å². The molecule has 3 N–H and O–H groups in total. The van der Waals surface area contributed by atoms with E-state index in [1.165, 1.54) is 0 Å². The van der Waals surface area contributed by atoms with Crippen LogP contribution in [-0.2, 0) is 73.1 Å². The molecule has 0 fully saturated rings. The Kier molecular flexibility index (Phi) is 17.4. The van der Waals surface area contributed by atoms with Crippen molar-refractivity contribution in [3.63, 3.8) is 0 Å². The third-order valence-electron chi connectivity index (χ3n) is 11.6. The minimum absolute atomic E-state index is 0. The van der Waals surface area contributed by atoms with Crippen LogP contribution >= 0.6 is 0 Å². The number of esters is 3. The molecular weight excluding hydrogens is 903 g/mol. The predicted molar refractivity (Wildman–Crippen MR) is 246 cm³/mol. The van der Waals surface area contributed by atoms with Gasteiger partial charge < -0.3 is 35.2 Å². The van der Waals surface area contributed by atoms with Gasteiger partial charge in [-0.1, -0.05) is 58.7 Å². The average Bonchev–Trinajstić information content (AvgIpc) is 3.91. The second-order valence-corrected chi connectivity index (χ2v) is 15.8. The summed E-state index contributed by atoms with van der Waals surface area (Å²) in [7, 11) is 0. The van der Waals surface area contributed by atoms with Gasteiger partial charge in [-0.15, -0.1) is 22.1 Å². The van der Waals surface area contributed by atoms with Gasteiger partial charge in [0, 0.05) is 37.9 Å². The summed E-state index contributed by atoms with van der Waals surface area (Å²) in [5.41, 5.74) is 20.2. The van der Waals surface area contributed by atoms with E-state index in [-0.39, 0.29) is 89.7 Å². The number of allylic oxidation sites excluding steroid dienone is 4. The second-order valence-electron chi connectivity index (χ2n) is 15.8. The minimum atomic E-state index is -0.297. The molecule has 6 rings (SSSR count). The molecule has 0 radical (unpaired) electrons. The van der Waals surface area contributed by atoms with E-state index in [1.807, 2.05) is 76.2 Å². The second kappa shape index (κ2) is 22.7. The summed E-state index contributed by atoms with van der Waals surface area (Å²) >= 11 is 0. The number of benzene rings is 1. The van der Waals surface area contributed by atoms with Crippen LogP contribution in [0.2, 0.25) is 0 Å². The van der Waals surface area contributed by atoms with E-state index < -0.39 is 0 Å². The standard InChI is InChI=1S/C50H59N6O7.Pd/c1-8-61-48(58)20-16-36-30(5)40-25-43-35(15-19-47(57)52-24-23-33-11-13-34(51)14-12-33)29(4)39(53-43)26-44-37(17-21-49(59)62-9-2)31(6)41(55-44)28-46-38(18-22-50(60)63-10-3)32(7)42(56-46)27-45(36)54-40;/h11-14,25-28H,8-10,15-24,51H2,1-7H3,(H2-,52,53,54,55,56,57);/q-1;+2/p-1. The number of rotatable bonds is 18. The van der Waals surface area contributed by atoms with Crippen LogP contribution in [0, 0.1) is 13.8 Å². The van der Waals surface area contributed by atoms with Crippen molar-refractivity contribution < 1.29 is 53.8 Å². The molecule has 1 amide bonds. The fraction of sp³-hybridized carbons (Fsp3) is 0.400. The Bertz CT molecular complexity index is 2620. The number of carbonyl (C=O) groups excluding carboxylic acids is 4. The molecule has 64 heavy (non-hydrogen) atoms. The van der Waals surface area contributed by atoms with Crippen LogP contribution in [0.5, 0.6) is 0 Å². The molecule has 14 heteroatoms. The maximum Gasteiger partial charge on any atom is 2.00 e. The molecule has 0 saturated carbocycles. The quantitative estimate of drug-likeness (QED) is 0.0423. The number of hydrogen-bond donors (Lipinski definition) is 2. The zero-order valence-corrected chi connectivity index (χ0v) is 39.4. The normalized spacial score (nSPS) is 12.2. The first-order valence-electron chi connectivity index (χ1n) is 21.9. The van der Waals surface area contributed by atoms with Crippen molar-refractivity contribution in [1.82, 2.24) is 25.3 Å². The first-order chi connectivity index (χ1) is 30.3. The van der Waals surface area contributed by atoms with Crippen molar-refractivity contribution in [2.45, 2.75) is 106 Å². The summed E-state index contributed by atoms with van der Waals surface area (Å²) in [6.45, 7) is 14.7. The largest absolute Gasteiger partial charge is 2.00 e. The molecule has 8 bridgehead atoms. The maximum absolute atomic E-state index is 13.3. The van der Waals surface area contributed by atoms with Crippen LogP contribution in [0.25, 0.3) is 44.4 Å². The van der Waals surface area contributed by atoms with E-state index in [2.05, 4.69) is 5.32 Å². The Balaban J connectivity index is 0.00000771. The molecule has 0 aliphatic carbocycles. The molecule has 340 valence electrons. The summed E-state index contributed by atoms with van der Waals surface area (Å²) in [5, 5.41) is 3.06. The third kappa shape index (κ3) is 12.0. The van der Waals surface area contributed by atoms with Gasteiger partial charge in [0.05, 0.1) is 42.6 Å². The molecule has 0 saturated heterocycles. The number of nitrogens with one attached hydrogen (secondary N) is 1. The fourth-order valence-electron chi connectivity index (χ4n) is 8.07. The monoisotopic (exact) mass is 960 g/mol. The Morgan fingerprint density at radius 1 is 0.562 bits per heavy atom. The topological polar surface area (TPSA) is 188 Å². The molecule has 0 atom stereocenters. The van der Waals surface area contributed by atoms with Crippen LogP contribution in [0.4, 0.5) is 5.69 Å².